The van der Waals surface area contributed by atoms with Gasteiger partial charge in [-0.15, -0.1) is 0 Å². The summed E-state index contributed by atoms with van der Waals surface area (Å²) in [4.78, 5) is 36.8. The molecule has 0 fully saturated rings. The van der Waals surface area contributed by atoms with Crippen molar-refractivity contribution >= 4 is 23.1 Å². The second kappa shape index (κ2) is 10.9. The zero-order valence-electron chi connectivity index (χ0n) is 19.2. The molecule has 1 atom stereocenters. The van der Waals surface area contributed by atoms with Gasteiger partial charge in [-0.1, -0.05) is 24.6 Å². The largest absolute Gasteiger partial charge is 0.493 e. The molecule has 2 aromatic rings. The van der Waals surface area contributed by atoms with Crippen molar-refractivity contribution in [3.05, 3.63) is 63.2 Å². The van der Waals surface area contributed by atoms with E-state index in [-0.39, 0.29) is 29.0 Å². The maximum atomic E-state index is 12.2. The van der Waals surface area contributed by atoms with Crippen molar-refractivity contribution in [1.82, 2.24) is 0 Å². The van der Waals surface area contributed by atoms with Gasteiger partial charge in [0.1, 0.15) is 11.8 Å². The Morgan fingerprint density at radius 2 is 1.97 bits per heavy atom. The molecule has 2 N–H and O–H groups in total. The van der Waals surface area contributed by atoms with Gasteiger partial charge in [-0.25, -0.2) is 0 Å². The van der Waals surface area contributed by atoms with Gasteiger partial charge in [-0.2, -0.15) is 0 Å². The highest BCUT2D eigenvalue weighted by Gasteiger charge is 2.27. The summed E-state index contributed by atoms with van der Waals surface area (Å²) in [5, 5.41) is 11.3. The van der Waals surface area contributed by atoms with Gasteiger partial charge in [-0.3, -0.25) is 19.7 Å². The number of anilines is 1. The van der Waals surface area contributed by atoms with E-state index in [1.54, 1.807) is 13.0 Å². The summed E-state index contributed by atoms with van der Waals surface area (Å²) in [6.45, 7) is 4.20. The van der Waals surface area contributed by atoms with Gasteiger partial charge in [0.25, 0.3) is 5.69 Å². The molecule has 176 valence electrons. The lowest BCUT2D eigenvalue weighted by atomic mass is 9.97. The first kappa shape index (κ1) is 24.2. The van der Waals surface area contributed by atoms with Gasteiger partial charge in [0.05, 0.1) is 23.2 Å². The topological polar surface area (TPSA) is 116 Å². The van der Waals surface area contributed by atoms with Gasteiger partial charge in [0, 0.05) is 12.2 Å². The Morgan fingerprint density at radius 3 is 2.67 bits per heavy atom. The van der Waals surface area contributed by atoms with Crippen LogP contribution in [-0.2, 0) is 11.2 Å². The Kier molecular flexibility index (Phi) is 8.03. The highest BCUT2D eigenvalue weighted by molar-refractivity contribution is 5.99. The first-order valence-corrected chi connectivity index (χ1v) is 11.4. The van der Waals surface area contributed by atoms with Crippen LogP contribution in [0.3, 0.4) is 0 Å². The molecule has 1 aliphatic heterocycles. The molecule has 2 aromatic carbocycles. The minimum atomic E-state index is -0.556. The number of ether oxygens (including phenoxy) is 1. The number of nitro groups is 1. The standard InChI is InChI=1S/C25H31N3O5/c1-17-15-20(16-23(28(31)32)24(17)18(2)29)33-14-7-3-4-12-22(25(26)30)27-13-8-10-19-9-5-6-11-21(19)27/h5-6,9,11,15-16,22H,3-4,7-8,10,12-14H2,1-2H3,(H2,26,30). The van der Waals surface area contributed by atoms with E-state index in [0.717, 1.165) is 44.3 Å². The monoisotopic (exact) mass is 453 g/mol. The van der Waals surface area contributed by atoms with Crippen molar-refractivity contribution in [2.45, 2.75) is 58.4 Å². The van der Waals surface area contributed by atoms with Crippen molar-refractivity contribution < 1.29 is 19.2 Å². The first-order chi connectivity index (χ1) is 15.8. The van der Waals surface area contributed by atoms with Gasteiger partial charge in [0.2, 0.25) is 5.91 Å². The minimum Gasteiger partial charge on any atom is -0.493 e. The molecule has 0 saturated heterocycles. The van der Waals surface area contributed by atoms with E-state index in [0.29, 0.717) is 24.3 Å². The molecule has 0 aromatic heterocycles. The lowest BCUT2D eigenvalue weighted by Crippen LogP contribution is -2.47. The van der Waals surface area contributed by atoms with Gasteiger partial charge in [-0.05, 0) is 69.2 Å². The number of ketones is 1. The number of fused-ring (bicyclic) bond motifs is 1. The number of nitrogens with zero attached hydrogens (tertiary/aromatic N) is 2. The fourth-order valence-corrected chi connectivity index (χ4v) is 4.57. The molecule has 33 heavy (non-hydrogen) atoms. The Morgan fingerprint density at radius 1 is 1.21 bits per heavy atom. The Balaban J connectivity index is 1.52. The highest BCUT2D eigenvalue weighted by atomic mass is 16.6. The summed E-state index contributed by atoms with van der Waals surface area (Å²) in [7, 11) is 0. The number of carbonyl (C=O) groups excluding carboxylic acids is 2. The third-order valence-corrected chi connectivity index (χ3v) is 6.08. The molecule has 3 rings (SSSR count). The summed E-state index contributed by atoms with van der Waals surface area (Å²) in [6.07, 6.45) is 5.08. The molecule has 0 saturated carbocycles. The number of benzene rings is 2. The van der Waals surface area contributed by atoms with Crippen molar-refractivity contribution in [2.75, 3.05) is 18.1 Å². The van der Waals surface area contributed by atoms with Crippen LogP contribution in [0.1, 0.15) is 60.5 Å². The summed E-state index contributed by atoms with van der Waals surface area (Å²) in [5.41, 5.74) is 8.50. The molecule has 0 bridgehead atoms. The molecule has 0 aliphatic carbocycles. The zero-order chi connectivity index (χ0) is 24.0. The molecule has 8 heteroatoms. The van der Waals surface area contributed by atoms with Crippen LogP contribution in [0, 0.1) is 17.0 Å². The van der Waals surface area contributed by atoms with Crippen LogP contribution >= 0.6 is 0 Å². The number of carbonyl (C=O) groups is 2. The van der Waals surface area contributed by atoms with Crippen molar-refractivity contribution in [2.24, 2.45) is 5.73 Å². The van der Waals surface area contributed by atoms with E-state index >= 15 is 0 Å². The molecule has 8 nitrogen and oxygen atoms in total. The second-order valence-electron chi connectivity index (χ2n) is 8.49. The fourth-order valence-electron chi connectivity index (χ4n) is 4.57. The van der Waals surface area contributed by atoms with Crippen LogP contribution in [-0.4, -0.2) is 35.8 Å². The lowest BCUT2D eigenvalue weighted by Gasteiger charge is -2.36. The molecule has 1 amide bonds. The number of amides is 1. The van der Waals surface area contributed by atoms with Crippen LogP contribution < -0.4 is 15.4 Å². The molecule has 1 heterocycles. The van der Waals surface area contributed by atoms with Crippen LogP contribution in [0.25, 0.3) is 0 Å². The summed E-state index contributed by atoms with van der Waals surface area (Å²) in [5.74, 6) is -0.272. The van der Waals surface area contributed by atoms with Crippen LogP contribution in [0.2, 0.25) is 0 Å². The number of para-hydroxylation sites is 1. The maximum Gasteiger partial charge on any atom is 0.284 e. The van der Waals surface area contributed by atoms with Gasteiger partial charge < -0.3 is 15.4 Å². The summed E-state index contributed by atoms with van der Waals surface area (Å²) in [6, 6.07) is 10.8. The van der Waals surface area contributed by atoms with Crippen molar-refractivity contribution in [3.63, 3.8) is 0 Å². The predicted octanol–water partition coefficient (Wildman–Crippen LogP) is 4.35. The van der Waals surface area contributed by atoms with Crippen LogP contribution in [0.15, 0.2) is 36.4 Å². The third-order valence-electron chi connectivity index (χ3n) is 6.08. The summed E-state index contributed by atoms with van der Waals surface area (Å²) < 4.78 is 5.71. The molecular formula is C25H31N3O5. The number of Topliss-reactive ketones (excluding diaryl/α,β-unsaturated/α-hetero) is 1. The first-order valence-electron chi connectivity index (χ1n) is 11.4. The summed E-state index contributed by atoms with van der Waals surface area (Å²) >= 11 is 0. The van der Waals surface area contributed by atoms with Gasteiger partial charge >= 0.3 is 0 Å². The average Bonchev–Trinajstić information content (AvgIpc) is 2.77. The Hall–Kier alpha value is -3.42. The number of primary amides is 1. The molecule has 0 radical (unpaired) electrons. The van der Waals surface area contributed by atoms with Crippen LogP contribution in [0.5, 0.6) is 5.75 Å². The SMILES string of the molecule is CC(=O)c1c(C)cc(OCCCCCC(C(N)=O)N2CCCc3ccccc32)cc1[N+](=O)[O-]. The number of nitrogens with two attached hydrogens (primary N) is 1. The Bertz CT molecular complexity index is 1040. The highest BCUT2D eigenvalue weighted by Crippen LogP contribution is 2.31. The minimum absolute atomic E-state index is 0.115. The number of hydrogen-bond acceptors (Lipinski definition) is 6. The second-order valence-corrected chi connectivity index (χ2v) is 8.49. The van der Waals surface area contributed by atoms with E-state index in [1.165, 1.54) is 18.6 Å². The quantitative estimate of drug-likeness (QED) is 0.234. The molecular weight excluding hydrogens is 422 g/mol. The zero-order valence-corrected chi connectivity index (χ0v) is 19.2. The number of hydrogen-bond donors (Lipinski definition) is 1. The normalized spacial score (nSPS) is 13.8. The molecule has 1 aliphatic rings. The Labute approximate surface area is 193 Å². The van der Waals surface area contributed by atoms with E-state index in [9.17, 15) is 19.7 Å². The number of rotatable bonds is 11. The lowest BCUT2D eigenvalue weighted by molar-refractivity contribution is -0.385. The van der Waals surface area contributed by atoms with Crippen molar-refractivity contribution in [3.8, 4) is 5.75 Å². The van der Waals surface area contributed by atoms with E-state index < -0.39 is 4.92 Å². The average molecular weight is 454 g/mol. The molecule has 1 unspecified atom stereocenters. The van der Waals surface area contributed by atoms with E-state index in [1.807, 2.05) is 12.1 Å². The number of nitro benzene ring substituents is 1. The van der Waals surface area contributed by atoms with E-state index in [4.69, 9.17) is 10.5 Å². The molecule has 0 spiro atoms. The smallest absolute Gasteiger partial charge is 0.284 e. The number of unbranched alkanes of at least 4 members (excludes halogenated alkanes) is 2. The maximum absolute atomic E-state index is 12.2. The van der Waals surface area contributed by atoms with E-state index in [2.05, 4.69) is 17.0 Å². The number of aryl methyl sites for hydroxylation is 2. The third kappa shape index (κ3) is 5.88. The van der Waals surface area contributed by atoms with Crippen LogP contribution in [0.4, 0.5) is 11.4 Å². The van der Waals surface area contributed by atoms with Gasteiger partial charge in [0.15, 0.2) is 5.78 Å². The van der Waals surface area contributed by atoms with Crippen molar-refractivity contribution in [1.29, 1.82) is 0 Å². The predicted molar refractivity (Wildman–Crippen MR) is 127 cm³/mol. The fraction of sp³-hybridized carbons (Fsp3) is 0.440.